The van der Waals surface area contributed by atoms with E-state index in [9.17, 15) is 0 Å². The molecular formula is C54H40N2O. The molecule has 0 amide bonds. The molecule has 0 bridgehead atoms. The molecule has 9 aromatic rings. The quantitative estimate of drug-likeness (QED) is 0.132. The summed E-state index contributed by atoms with van der Waals surface area (Å²) in [7, 11) is 0. The maximum atomic E-state index is 8.36. The normalized spacial score (nSPS) is 11.1. The third-order valence-electron chi connectivity index (χ3n) is 10.1. The molecule has 0 atom stereocenters. The van der Waals surface area contributed by atoms with Crippen LogP contribution in [0.25, 0.3) is 33.4 Å². The summed E-state index contributed by atoms with van der Waals surface area (Å²) in [5, 5.41) is 0. The van der Waals surface area contributed by atoms with Gasteiger partial charge in [-0.3, -0.25) is 0 Å². The number of hydrogen-bond acceptors (Lipinski definition) is 3. The first-order valence-corrected chi connectivity index (χ1v) is 19.2. The lowest BCUT2D eigenvalue weighted by atomic mass is 10.0. The molecule has 0 heterocycles. The third-order valence-corrected chi connectivity index (χ3v) is 10.1. The Hall–Kier alpha value is -7.62. The van der Waals surface area contributed by atoms with Gasteiger partial charge in [0.2, 0.25) is 0 Å². The number of benzene rings is 9. The average Bonchev–Trinajstić information content (AvgIpc) is 3.29. The molecule has 0 saturated heterocycles. The van der Waals surface area contributed by atoms with Crippen LogP contribution in [0.3, 0.4) is 0 Å². The zero-order chi connectivity index (χ0) is 39.1. The summed E-state index contributed by atoms with van der Waals surface area (Å²) in [4.78, 5) is 4.43. The highest BCUT2D eigenvalue weighted by Crippen LogP contribution is 2.40. The number of rotatable bonds is 11. The Morgan fingerprint density at radius 1 is 0.263 bits per heavy atom. The van der Waals surface area contributed by atoms with Crippen LogP contribution in [-0.2, 0) is 0 Å². The van der Waals surface area contributed by atoms with E-state index < -0.39 is 0 Å². The molecule has 57 heavy (non-hydrogen) atoms. The van der Waals surface area contributed by atoms with Crippen molar-refractivity contribution >= 4 is 34.1 Å². The standard InChI is InChI=1S/C54H40N2O/c1-5-14-41(15-6-1)44-24-30-48(31-25-44)55(47-20-11-4-12-21-47)51-36-38-53(39-37-51)57-54-23-13-22-52(40-54)56(49-32-26-45(27-33-49)42-16-7-2-8-17-42)50-34-28-46(29-35-50)43-18-9-3-10-19-43/h1-40H/i11T. The van der Waals surface area contributed by atoms with Gasteiger partial charge in [-0.15, -0.1) is 0 Å². The number of nitrogens with zero attached hydrogens (tertiary/aromatic N) is 2. The van der Waals surface area contributed by atoms with Crippen molar-refractivity contribution in [1.29, 1.82) is 0 Å². The van der Waals surface area contributed by atoms with E-state index in [1.807, 2.05) is 60.7 Å². The highest BCUT2D eigenvalue weighted by Gasteiger charge is 2.16. The summed E-state index contributed by atoms with van der Waals surface area (Å²) in [6, 6.07) is 81.7. The predicted octanol–water partition coefficient (Wildman–Crippen LogP) is 15.4. The van der Waals surface area contributed by atoms with Crippen LogP contribution in [0.1, 0.15) is 1.37 Å². The summed E-state index contributed by atoms with van der Waals surface area (Å²) in [6.07, 6.45) is 0. The molecule has 0 aliphatic carbocycles. The molecule has 3 nitrogen and oxygen atoms in total. The van der Waals surface area contributed by atoms with Gasteiger partial charge in [0, 0.05) is 40.2 Å². The van der Waals surface area contributed by atoms with Crippen LogP contribution in [0, 0.1) is 0 Å². The molecule has 0 saturated carbocycles. The van der Waals surface area contributed by atoms with Crippen molar-refractivity contribution in [2.45, 2.75) is 0 Å². The summed E-state index contributed by atoms with van der Waals surface area (Å²) in [5.41, 5.74) is 13.0. The van der Waals surface area contributed by atoms with Gasteiger partial charge < -0.3 is 14.5 Å². The summed E-state index contributed by atoms with van der Waals surface area (Å²) < 4.78 is 14.9. The van der Waals surface area contributed by atoms with E-state index in [4.69, 9.17) is 6.11 Å². The number of para-hydroxylation sites is 1. The number of anilines is 6. The molecule has 0 aromatic heterocycles. The maximum absolute atomic E-state index is 8.36. The van der Waals surface area contributed by atoms with Gasteiger partial charge in [0.05, 0.1) is 1.37 Å². The van der Waals surface area contributed by atoms with Crippen molar-refractivity contribution in [3.05, 3.63) is 243 Å². The second-order valence-electron chi connectivity index (χ2n) is 13.8. The van der Waals surface area contributed by atoms with Crippen LogP contribution in [0.15, 0.2) is 243 Å². The van der Waals surface area contributed by atoms with Crippen LogP contribution in [0.2, 0.25) is 0 Å². The third kappa shape index (κ3) is 7.95. The minimum atomic E-state index is 0.455. The molecule has 0 unspecified atom stereocenters. The van der Waals surface area contributed by atoms with Gasteiger partial charge in [0.25, 0.3) is 0 Å². The zero-order valence-electron chi connectivity index (χ0n) is 32.3. The fourth-order valence-electron chi connectivity index (χ4n) is 7.20. The predicted molar refractivity (Wildman–Crippen MR) is 239 cm³/mol. The monoisotopic (exact) mass is 734 g/mol. The Bertz CT molecular complexity index is 2640. The smallest absolute Gasteiger partial charge is 0.129 e. The molecule has 0 aliphatic heterocycles. The van der Waals surface area contributed by atoms with Crippen molar-refractivity contribution in [2.24, 2.45) is 0 Å². The first-order chi connectivity index (χ1) is 28.6. The fraction of sp³-hybridized carbons (Fsp3) is 0. The van der Waals surface area contributed by atoms with Gasteiger partial charge in [-0.05, 0) is 118 Å². The Morgan fingerprint density at radius 3 is 1.05 bits per heavy atom. The number of ether oxygens (including phenoxy) is 1. The van der Waals surface area contributed by atoms with E-state index in [-0.39, 0.29) is 0 Å². The Morgan fingerprint density at radius 2 is 0.614 bits per heavy atom. The van der Waals surface area contributed by atoms with Gasteiger partial charge in [0.15, 0.2) is 0 Å². The lowest BCUT2D eigenvalue weighted by molar-refractivity contribution is 0.483. The van der Waals surface area contributed by atoms with Gasteiger partial charge >= 0.3 is 0 Å². The minimum Gasteiger partial charge on any atom is -0.457 e. The Balaban J connectivity index is 1.01. The van der Waals surface area contributed by atoms with Gasteiger partial charge in [0.1, 0.15) is 11.5 Å². The number of hydrogen-bond donors (Lipinski definition) is 0. The van der Waals surface area contributed by atoms with Gasteiger partial charge in [-0.2, -0.15) is 0 Å². The first-order valence-electron chi connectivity index (χ1n) is 19.7. The topological polar surface area (TPSA) is 15.7 Å². The maximum Gasteiger partial charge on any atom is 0.129 e. The molecule has 0 spiro atoms. The van der Waals surface area contributed by atoms with E-state index >= 15 is 0 Å². The largest absolute Gasteiger partial charge is 0.457 e. The highest BCUT2D eigenvalue weighted by atomic mass is 16.5. The molecule has 0 aliphatic rings. The minimum absolute atomic E-state index is 0.455. The second-order valence-corrected chi connectivity index (χ2v) is 13.8. The molecular weight excluding hydrogens is 693 g/mol. The summed E-state index contributed by atoms with van der Waals surface area (Å²) >= 11 is 0. The fourth-order valence-corrected chi connectivity index (χ4v) is 7.20. The zero-order valence-corrected chi connectivity index (χ0v) is 31.3. The van der Waals surface area contributed by atoms with E-state index in [1.165, 1.54) is 27.8 Å². The Labute approximate surface area is 336 Å². The van der Waals surface area contributed by atoms with E-state index in [2.05, 4.69) is 180 Å². The van der Waals surface area contributed by atoms with Gasteiger partial charge in [-0.25, -0.2) is 0 Å². The lowest BCUT2D eigenvalue weighted by Gasteiger charge is -2.26. The van der Waals surface area contributed by atoms with Gasteiger partial charge in [-0.1, -0.05) is 152 Å². The lowest BCUT2D eigenvalue weighted by Crippen LogP contribution is -2.10. The van der Waals surface area contributed by atoms with Crippen LogP contribution >= 0.6 is 0 Å². The Kier molecular flexibility index (Phi) is 9.76. The average molecular weight is 735 g/mol. The van der Waals surface area contributed by atoms with E-state index in [0.29, 0.717) is 6.04 Å². The summed E-state index contributed by atoms with van der Waals surface area (Å²) in [5.74, 6) is 1.45. The molecule has 3 heteroatoms. The van der Waals surface area contributed by atoms with Crippen LogP contribution in [0.5, 0.6) is 11.5 Å². The van der Waals surface area contributed by atoms with E-state index in [1.54, 1.807) is 6.07 Å². The molecule has 9 aromatic carbocycles. The van der Waals surface area contributed by atoms with Crippen LogP contribution in [-0.4, -0.2) is 0 Å². The van der Waals surface area contributed by atoms with Crippen LogP contribution < -0.4 is 14.5 Å². The van der Waals surface area contributed by atoms with Crippen molar-refractivity contribution < 1.29 is 6.11 Å². The first kappa shape index (κ1) is 33.9. The van der Waals surface area contributed by atoms with Crippen molar-refractivity contribution in [3.8, 4) is 44.9 Å². The SMILES string of the molecule is [3H]c1cccc(N(c2ccc(Oc3cccc(N(c4ccc(-c5ccccc5)cc4)c4ccc(-c5ccccc5)cc4)c3)cc2)c2ccc(-c3ccccc3)cc2)c1. The van der Waals surface area contributed by atoms with Crippen LogP contribution in [0.4, 0.5) is 34.1 Å². The molecule has 0 N–H and O–H groups in total. The second kappa shape index (κ2) is 16.4. The van der Waals surface area contributed by atoms with Crippen molar-refractivity contribution in [1.82, 2.24) is 0 Å². The van der Waals surface area contributed by atoms with Crippen molar-refractivity contribution in [3.63, 3.8) is 0 Å². The molecule has 0 fully saturated rings. The molecule has 0 radical (unpaired) electrons. The highest BCUT2D eigenvalue weighted by molar-refractivity contribution is 5.81. The van der Waals surface area contributed by atoms with E-state index in [0.717, 1.165) is 51.2 Å². The van der Waals surface area contributed by atoms with Crippen molar-refractivity contribution in [2.75, 3.05) is 9.80 Å². The molecule has 272 valence electrons. The summed E-state index contributed by atoms with van der Waals surface area (Å²) in [6.45, 7) is 0. The molecule has 9 rings (SSSR count).